The van der Waals surface area contributed by atoms with Gasteiger partial charge in [0.1, 0.15) is 5.82 Å². The maximum atomic E-state index is 8.99. The van der Waals surface area contributed by atoms with Crippen LogP contribution in [0.5, 0.6) is 0 Å². The molecule has 0 atom stereocenters. The number of anilines is 1. The van der Waals surface area contributed by atoms with Crippen LogP contribution in [0, 0.1) is 0 Å². The normalized spacial score (nSPS) is 18.5. The minimum atomic E-state index is -0.185. The Kier molecular flexibility index (Phi) is 1.75. The number of aliphatic hydroxyl groups is 1. The average Bonchev–Trinajstić information content (AvgIpc) is 2.29. The number of halogens is 1. The Hall–Kier alpha value is -0.320. The summed E-state index contributed by atoms with van der Waals surface area (Å²) in [5.41, 5.74) is 0. The average molecular weight is 191 g/mol. The molecule has 1 fully saturated rings. The highest BCUT2D eigenvalue weighted by Gasteiger charge is 2.25. The molecule has 1 aromatic heterocycles. The van der Waals surface area contributed by atoms with E-state index in [1.165, 1.54) is 11.3 Å². The van der Waals surface area contributed by atoms with Crippen LogP contribution in [0.25, 0.3) is 0 Å². The zero-order chi connectivity index (χ0) is 7.84. The molecule has 0 unspecified atom stereocenters. The summed E-state index contributed by atoms with van der Waals surface area (Å²) >= 11 is 7.05. The van der Waals surface area contributed by atoms with Gasteiger partial charge in [0.2, 0.25) is 0 Å². The van der Waals surface area contributed by atoms with Gasteiger partial charge in [0, 0.05) is 18.5 Å². The zero-order valence-electron chi connectivity index (χ0n) is 5.70. The summed E-state index contributed by atoms with van der Waals surface area (Å²) in [6.45, 7) is 1.36. The highest BCUT2D eigenvalue weighted by molar-refractivity contribution is 7.14. The smallest absolute Gasteiger partial charge is 0.185 e. The van der Waals surface area contributed by atoms with Gasteiger partial charge in [-0.3, -0.25) is 0 Å². The van der Waals surface area contributed by atoms with Crippen LogP contribution in [0.3, 0.4) is 0 Å². The van der Waals surface area contributed by atoms with E-state index in [0.29, 0.717) is 17.6 Å². The molecule has 0 radical (unpaired) electrons. The second kappa shape index (κ2) is 2.62. The van der Waals surface area contributed by atoms with E-state index in [1.54, 1.807) is 0 Å². The Bertz CT molecular complexity index is 259. The van der Waals surface area contributed by atoms with E-state index < -0.39 is 0 Å². The lowest BCUT2D eigenvalue weighted by Gasteiger charge is -2.35. The fourth-order valence-corrected chi connectivity index (χ4v) is 1.80. The van der Waals surface area contributed by atoms with Gasteiger partial charge in [0.25, 0.3) is 0 Å². The number of hydrogen-bond donors (Lipinski definition) is 1. The van der Waals surface area contributed by atoms with Crippen molar-refractivity contribution >= 4 is 28.8 Å². The summed E-state index contributed by atoms with van der Waals surface area (Å²) in [7, 11) is 0. The Morgan fingerprint density at radius 2 is 2.45 bits per heavy atom. The van der Waals surface area contributed by atoms with Gasteiger partial charge in [0.15, 0.2) is 4.47 Å². The topological polar surface area (TPSA) is 36.4 Å². The van der Waals surface area contributed by atoms with Gasteiger partial charge in [-0.05, 0) is 0 Å². The third-order valence-electron chi connectivity index (χ3n) is 1.65. The highest BCUT2D eigenvalue weighted by atomic mass is 35.5. The van der Waals surface area contributed by atoms with Crippen LogP contribution in [0.4, 0.5) is 5.82 Å². The quantitative estimate of drug-likeness (QED) is 0.717. The largest absolute Gasteiger partial charge is 0.389 e. The summed E-state index contributed by atoms with van der Waals surface area (Å²) in [5, 5.41) is 10.9. The van der Waals surface area contributed by atoms with Crippen molar-refractivity contribution in [3.05, 3.63) is 9.85 Å². The molecular weight excluding hydrogens is 184 g/mol. The maximum Gasteiger partial charge on any atom is 0.185 e. The molecule has 0 aliphatic carbocycles. The van der Waals surface area contributed by atoms with Crippen LogP contribution in [0.15, 0.2) is 5.38 Å². The van der Waals surface area contributed by atoms with Gasteiger partial charge in [-0.15, -0.1) is 11.3 Å². The van der Waals surface area contributed by atoms with Crippen LogP contribution in [0.2, 0.25) is 4.47 Å². The van der Waals surface area contributed by atoms with Gasteiger partial charge in [0.05, 0.1) is 6.10 Å². The summed E-state index contributed by atoms with van der Waals surface area (Å²) in [6.07, 6.45) is -0.185. The maximum absolute atomic E-state index is 8.99. The van der Waals surface area contributed by atoms with Gasteiger partial charge >= 0.3 is 0 Å². The Morgan fingerprint density at radius 3 is 2.91 bits per heavy atom. The van der Waals surface area contributed by atoms with Crippen molar-refractivity contribution in [3.8, 4) is 0 Å². The Labute approximate surface area is 73.2 Å². The molecule has 11 heavy (non-hydrogen) atoms. The van der Waals surface area contributed by atoms with Crippen LogP contribution < -0.4 is 4.90 Å². The van der Waals surface area contributed by atoms with Crippen molar-refractivity contribution in [1.82, 2.24) is 4.98 Å². The first kappa shape index (κ1) is 7.34. The highest BCUT2D eigenvalue weighted by Crippen LogP contribution is 2.25. The third-order valence-corrected chi connectivity index (χ3v) is 2.62. The number of aliphatic hydroxyl groups excluding tert-OH is 1. The predicted molar refractivity (Wildman–Crippen MR) is 45.3 cm³/mol. The number of rotatable bonds is 1. The van der Waals surface area contributed by atoms with Crippen LogP contribution in [-0.4, -0.2) is 29.3 Å². The first-order valence-corrected chi connectivity index (χ1v) is 4.55. The second-order valence-electron chi connectivity index (χ2n) is 2.52. The number of nitrogens with zero attached hydrogens (tertiary/aromatic N) is 2. The molecular formula is C6H7ClN2OS. The molecule has 3 nitrogen and oxygen atoms in total. The lowest BCUT2D eigenvalue weighted by molar-refractivity contribution is 0.141. The lowest BCUT2D eigenvalue weighted by atomic mass is 10.2. The van der Waals surface area contributed by atoms with E-state index in [-0.39, 0.29) is 6.10 Å². The van der Waals surface area contributed by atoms with Crippen molar-refractivity contribution < 1.29 is 5.11 Å². The number of aromatic nitrogens is 1. The van der Waals surface area contributed by atoms with Crippen LogP contribution >= 0.6 is 22.9 Å². The first-order valence-electron chi connectivity index (χ1n) is 3.30. The molecule has 1 aliphatic rings. The molecule has 1 aromatic rings. The zero-order valence-corrected chi connectivity index (χ0v) is 7.27. The number of β-amino-alcohol motifs (C(OH)–C–C–N with tert-alkyl or cyclic N) is 1. The van der Waals surface area contributed by atoms with E-state index in [4.69, 9.17) is 16.7 Å². The monoisotopic (exact) mass is 190 g/mol. The van der Waals surface area contributed by atoms with E-state index in [0.717, 1.165) is 5.82 Å². The number of thiazole rings is 1. The summed E-state index contributed by atoms with van der Waals surface area (Å²) in [4.78, 5) is 6.06. The molecule has 0 saturated carbocycles. The molecule has 5 heteroatoms. The number of hydrogen-bond acceptors (Lipinski definition) is 4. The molecule has 2 heterocycles. The molecule has 0 bridgehead atoms. The molecule has 1 N–H and O–H groups in total. The molecule has 2 rings (SSSR count). The minimum Gasteiger partial charge on any atom is -0.389 e. The summed E-state index contributed by atoms with van der Waals surface area (Å²) < 4.78 is 0.557. The van der Waals surface area contributed by atoms with Gasteiger partial charge in [-0.25, -0.2) is 4.98 Å². The van der Waals surface area contributed by atoms with Crippen molar-refractivity contribution in [2.45, 2.75) is 6.10 Å². The SMILES string of the molecule is OC1CN(c2csc(Cl)n2)C1. The van der Waals surface area contributed by atoms with Crippen molar-refractivity contribution in [2.75, 3.05) is 18.0 Å². The molecule has 60 valence electrons. The van der Waals surface area contributed by atoms with Crippen LogP contribution in [0.1, 0.15) is 0 Å². The third kappa shape index (κ3) is 1.34. The standard InChI is InChI=1S/C6H7ClN2OS/c7-6-8-5(3-11-6)9-1-4(10)2-9/h3-4,10H,1-2H2. The summed E-state index contributed by atoms with van der Waals surface area (Å²) in [6, 6.07) is 0. The van der Waals surface area contributed by atoms with Gasteiger partial charge in [-0.1, -0.05) is 11.6 Å². The van der Waals surface area contributed by atoms with Gasteiger partial charge < -0.3 is 10.0 Å². The molecule has 1 saturated heterocycles. The van der Waals surface area contributed by atoms with Gasteiger partial charge in [-0.2, -0.15) is 0 Å². The molecule has 0 amide bonds. The van der Waals surface area contributed by atoms with E-state index in [1.807, 2.05) is 10.3 Å². The lowest BCUT2D eigenvalue weighted by Crippen LogP contribution is -2.50. The predicted octanol–water partition coefficient (Wildman–Crippen LogP) is 0.977. The van der Waals surface area contributed by atoms with Crippen molar-refractivity contribution in [2.24, 2.45) is 0 Å². The molecule has 0 spiro atoms. The Balaban J connectivity index is 2.07. The van der Waals surface area contributed by atoms with Crippen LogP contribution in [-0.2, 0) is 0 Å². The van der Waals surface area contributed by atoms with E-state index in [9.17, 15) is 0 Å². The minimum absolute atomic E-state index is 0.185. The fraction of sp³-hybridized carbons (Fsp3) is 0.500. The van der Waals surface area contributed by atoms with Crippen molar-refractivity contribution in [3.63, 3.8) is 0 Å². The van der Waals surface area contributed by atoms with E-state index >= 15 is 0 Å². The first-order chi connectivity index (χ1) is 5.25. The van der Waals surface area contributed by atoms with E-state index in [2.05, 4.69) is 4.98 Å². The fourth-order valence-electron chi connectivity index (χ4n) is 1.03. The van der Waals surface area contributed by atoms with Crippen molar-refractivity contribution in [1.29, 1.82) is 0 Å². The molecule has 0 aromatic carbocycles. The second-order valence-corrected chi connectivity index (χ2v) is 3.96. The molecule has 1 aliphatic heterocycles. The Morgan fingerprint density at radius 1 is 1.73 bits per heavy atom. The summed E-state index contributed by atoms with van der Waals surface area (Å²) in [5.74, 6) is 0.880.